The van der Waals surface area contributed by atoms with Gasteiger partial charge < -0.3 is 10.6 Å². The summed E-state index contributed by atoms with van der Waals surface area (Å²) < 4.78 is 28.0. The largest absolute Gasteiger partial charge is 0.323 e. The highest BCUT2D eigenvalue weighted by atomic mass is 35.5. The van der Waals surface area contributed by atoms with Gasteiger partial charge in [-0.25, -0.2) is 13.2 Å². The summed E-state index contributed by atoms with van der Waals surface area (Å²) in [6.45, 7) is 3.69. The zero-order valence-electron chi connectivity index (χ0n) is 15.9. The summed E-state index contributed by atoms with van der Waals surface area (Å²) in [4.78, 5) is 12.2. The van der Waals surface area contributed by atoms with Crippen LogP contribution in [0.2, 0.25) is 5.02 Å². The van der Waals surface area contributed by atoms with Gasteiger partial charge in [0.15, 0.2) is 0 Å². The number of aryl methyl sites for hydroxylation is 2. The number of hydrogen-bond donors (Lipinski definition) is 3. The monoisotopic (exact) mass is 429 g/mol. The molecular weight excluding hydrogens is 410 g/mol. The minimum atomic E-state index is -3.75. The van der Waals surface area contributed by atoms with Gasteiger partial charge in [0.1, 0.15) is 0 Å². The number of sulfonamides is 1. The van der Waals surface area contributed by atoms with Crippen LogP contribution in [0, 0.1) is 13.8 Å². The third-order valence-electron chi connectivity index (χ3n) is 4.24. The molecule has 3 aromatic rings. The molecule has 0 saturated heterocycles. The van der Waals surface area contributed by atoms with E-state index in [4.69, 9.17) is 11.6 Å². The van der Waals surface area contributed by atoms with E-state index in [0.717, 1.165) is 11.1 Å². The van der Waals surface area contributed by atoms with Crippen LogP contribution in [0.15, 0.2) is 71.6 Å². The van der Waals surface area contributed by atoms with Crippen molar-refractivity contribution in [1.29, 1.82) is 0 Å². The lowest BCUT2D eigenvalue weighted by molar-refractivity contribution is 0.262. The lowest BCUT2D eigenvalue weighted by Gasteiger charge is -2.13. The van der Waals surface area contributed by atoms with Crippen molar-refractivity contribution in [3.63, 3.8) is 0 Å². The summed E-state index contributed by atoms with van der Waals surface area (Å²) in [5.41, 5.74) is 3.29. The number of para-hydroxylation sites is 1. The number of carbonyl (C=O) groups is 1. The maximum atomic E-state index is 12.7. The van der Waals surface area contributed by atoms with Crippen LogP contribution in [0.4, 0.5) is 21.9 Å². The van der Waals surface area contributed by atoms with E-state index in [9.17, 15) is 13.2 Å². The molecule has 0 heterocycles. The number of rotatable bonds is 5. The fourth-order valence-electron chi connectivity index (χ4n) is 2.71. The van der Waals surface area contributed by atoms with Crippen LogP contribution >= 0.6 is 11.6 Å². The molecule has 0 aliphatic heterocycles. The Balaban J connectivity index is 1.69. The van der Waals surface area contributed by atoms with Crippen LogP contribution in [0.5, 0.6) is 0 Å². The summed E-state index contributed by atoms with van der Waals surface area (Å²) in [7, 11) is -3.75. The first-order chi connectivity index (χ1) is 13.7. The highest BCUT2D eigenvalue weighted by Gasteiger charge is 2.16. The number of nitrogens with one attached hydrogen (secondary N) is 3. The number of carbonyl (C=O) groups excluding carboxylic acids is 1. The van der Waals surface area contributed by atoms with E-state index >= 15 is 0 Å². The second-order valence-corrected chi connectivity index (χ2v) is 8.60. The zero-order chi connectivity index (χ0) is 21.0. The Labute approximate surface area is 175 Å². The maximum Gasteiger partial charge on any atom is 0.323 e. The summed E-state index contributed by atoms with van der Waals surface area (Å²) in [6.07, 6.45) is 0. The van der Waals surface area contributed by atoms with Gasteiger partial charge in [-0.3, -0.25) is 4.72 Å². The fourth-order valence-corrected chi connectivity index (χ4v) is 4.04. The van der Waals surface area contributed by atoms with Crippen LogP contribution in [-0.4, -0.2) is 14.4 Å². The molecule has 29 heavy (non-hydrogen) atoms. The van der Waals surface area contributed by atoms with Gasteiger partial charge in [-0.05, 0) is 73.5 Å². The molecular formula is C21H20ClN3O3S. The highest BCUT2D eigenvalue weighted by Crippen LogP contribution is 2.24. The number of halogens is 1. The number of benzene rings is 3. The van der Waals surface area contributed by atoms with Crippen LogP contribution in [0.1, 0.15) is 11.1 Å². The van der Waals surface area contributed by atoms with Crippen LogP contribution in [0.25, 0.3) is 0 Å². The SMILES string of the molecule is Cc1cccc(C)c1NS(=O)(=O)c1ccc(NC(=O)Nc2ccc(Cl)cc2)cc1. The predicted molar refractivity (Wildman–Crippen MR) is 117 cm³/mol. The average Bonchev–Trinajstić information content (AvgIpc) is 2.67. The van der Waals surface area contributed by atoms with Gasteiger partial charge in [0.05, 0.1) is 10.6 Å². The number of hydrogen-bond acceptors (Lipinski definition) is 3. The summed E-state index contributed by atoms with van der Waals surface area (Å²) in [5, 5.41) is 5.89. The molecule has 6 nitrogen and oxygen atoms in total. The van der Waals surface area contributed by atoms with E-state index in [1.807, 2.05) is 32.0 Å². The molecule has 0 unspecified atom stereocenters. The molecule has 0 radical (unpaired) electrons. The molecule has 0 aliphatic carbocycles. The van der Waals surface area contributed by atoms with Gasteiger partial charge in [0.25, 0.3) is 10.0 Å². The van der Waals surface area contributed by atoms with Gasteiger partial charge >= 0.3 is 6.03 Å². The van der Waals surface area contributed by atoms with Gasteiger partial charge in [-0.15, -0.1) is 0 Å². The minimum absolute atomic E-state index is 0.101. The molecule has 0 aromatic heterocycles. The van der Waals surface area contributed by atoms with Crippen molar-refractivity contribution in [2.45, 2.75) is 18.7 Å². The molecule has 0 aliphatic rings. The van der Waals surface area contributed by atoms with E-state index in [2.05, 4.69) is 15.4 Å². The van der Waals surface area contributed by atoms with Crippen LogP contribution in [-0.2, 0) is 10.0 Å². The molecule has 8 heteroatoms. The summed E-state index contributed by atoms with van der Waals surface area (Å²) in [6, 6.07) is 17.7. The van der Waals surface area contributed by atoms with Gasteiger partial charge in [0.2, 0.25) is 0 Å². The van der Waals surface area contributed by atoms with E-state index in [-0.39, 0.29) is 4.90 Å². The maximum absolute atomic E-state index is 12.7. The third-order valence-corrected chi connectivity index (χ3v) is 5.86. The molecule has 3 rings (SSSR count). The smallest absolute Gasteiger partial charge is 0.308 e. The quantitative estimate of drug-likeness (QED) is 0.507. The van der Waals surface area contributed by atoms with Crippen molar-refractivity contribution in [3.05, 3.63) is 82.9 Å². The first-order valence-corrected chi connectivity index (χ1v) is 10.6. The van der Waals surface area contributed by atoms with Crippen molar-refractivity contribution < 1.29 is 13.2 Å². The summed E-state index contributed by atoms with van der Waals surface area (Å²) in [5.74, 6) is 0. The molecule has 2 amide bonds. The van der Waals surface area contributed by atoms with Crippen molar-refractivity contribution >= 4 is 44.7 Å². The first-order valence-electron chi connectivity index (χ1n) is 8.77. The molecule has 0 atom stereocenters. The van der Waals surface area contributed by atoms with Crippen LogP contribution < -0.4 is 15.4 Å². The number of urea groups is 1. The molecule has 0 fully saturated rings. The number of anilines is 3. The average molecular weight is 430 g/mol. The molecule has 0 spiro atoms. The van der Waals surface area contributed by atoms with Crippen molar-refractivity contribution in [2.24, 2.45) is 0 Å². The Kier molecular flexibility index (Phi) is 6.10. The van der Waals surface area contributed by atoms with E-state index in [0.29, 0.717) is 22.1 Å². The standard InChI is InChI=1S/C21H20ClN3O3S/c1-14-4-3-5-15(2)20(14)25-29(27,28)19-12-10-18(11-13-19)24-21(26)23-17-8-6-16(22)7-9-17/h3-13,25H,1-2H3,(H2,23,24,26). The Morgan fingerprint density at radius 3 is 1.79 bits per heavy atom. The second-order valence-electron chi connectivity index (χ2n) is 6.48. The second kappa shape index (κ2) is 8.55. The first kappa shape index (κ1) is 20.7. The Bertz CT molecular complexity index is 1110. The Hall–Kier alpha value is -3.03. The summed E-state index contributed by atoms with van der Waals surface area (Å²) >= 11 is 5.82. The van der Waals surface area contributed by atoms with Crippen molar-refractivity contribution in [1.82, 2.24) is 0 Å². The molecule has 0 bridgehead atoms. The zero-order valence-corrected chi connectivity index (χ0v) is 17.4. The molecule has 3 N–H and O–H groups in total. The Morgan fingerprint density at radius 1 is 0.793 bits per heavy atom. The predicted octanol–water partition coefficient (Wildman–Crippen LogP) is 5.40. The van der Waals surface area contributed by atoms with Gasteiger partial charge in [-0.1, -0.05) is 29.8 Å². The van der Waals surface area contributed by atoms with E-state index < -0.39 is 16.1 Å². The van der Waals surface area contributed by atoms with Crippen molar-refractivity contribution in [2.75, 3.05) is 15.4 Å². The van der Waals surface area contributed by atoms with Gasteiger partial charge in [-0.2, -0.15) is 0 Å². The fraction of sp³-hybridized carbons (Fsp3) is 0.0952. The third kappa shape index (κ3) is 5.28. The molecule has 0 saturated carbocycles. The van der Waals surface area contributed by atoms with Crippen LogP contribution in [0.3, 0.4) is 0 Å². The lowest BCUT2D eigenvalue weighted by atomic mass is 10.1. The van der Waals surface area contributed by atoms with E-state index in [1.54, 1.807) is 24.3 Å². The van der Waals surface area contributed by atoms with Crippen molar-refractivity contribution in [3.8, 4) is 0 Å². The molecule has 150 valence electrons. The topological polar surface area (TPSA) is 87.3 Å². The number of amides is 2. The molecule has 3 aromatic carbocycles. The van der Waals surface area contributed by atoms with Gasteiger partial charge in [0, 0.05) is 16.4 Å². The normalized spacial score (nSPS) is 11.0. The van der Waals surface area contributed by atoms with E-state index in [1.165, 1.54) is 24.3 Å². The minimum Gasteiger partial charge on any atom is -0.308 e. The highest BCUT2D eigenvalue weighted by molar-refractivity contribution is 7.92. The Morgan fingerprint density at radius 2 is 1.28 bits per heavy atom. The lowest BCUT2D eigenvalue weighted by Crippen LogP contribution is -2.19.